The van der Waals surface area contributed by atoms with Crippen molar-refractivity contribution in [3.63, 3.8) is 0 Å². The number of carbonyl (C=O) groups excluding carboxylic acids is 1. The highest BCUT2D eigenvalue weighted by Gasteiger charge is 2.46. The maximum Gasteiger partial charge on any atom is 0.318 e. The average molecular weight is 311 g/mol. The zero-order chi connectivity index (χ0) is 16.2. The van der Waals surface area contributed by atoms with E-state index in [1.165, 1.54) is 5.56 Å². The van der Waals surface area contributed by atoms with E-state index < -0.39 is 5.54 Å². The normalized spacial score (nSPS) is 24.3. The van der Waals surface area contributed by atoms with Crippen LogP contribution in [0.25, 0.3) is 0 Å². The quantitative estimate of drug-likeness (QED) is 0.795. The number of fused-ring (bicyclic) bond motifs is 1. The van der Waals surface area contributed by atoms with Crippen LogP contribution in [-0.4, -0.2) is 27.2 Å². The van der Waals surface area contributed by atoms with Gasteiger partial charge >= 0.3 is 6.03 Å². The van der Waals surface area contributed by atoms with Crippen LogP contribution >= 0.6 is 0 Å². The van der Waals surface area contributed by atoms with Gasteiger partial charge < -0.3 is 16.0 Å². The van der Waals surface area contributed by atoms with E-state index in [9.17, 15) is 4.79 Å². The molecule has 0 spiro atoms. The standard InChI is InChI=1S/C17H21N5O/c1-17(2)14-12(15(18)21-20-14)9-22(17)16(23)19-13-8-11(13)10-6-4-3-5-7-10/h3-7,11,13H,8-9H2,1-2H3,(H,19,23)(H3,18,20,21)/t11?,13-/m1/s1. The minimum absolute atomic E-state index is 0.0394. The number of nitrogens with two attached hydrogens (primary N) is 1. The molecule has 4 N–H and O–H groups in total. The average Bonchev–Trinajstić information content (AvgIpc) is 3.10. The Kier molecular flexibility index (Phi) is 2.91. The van der Waals surface area contributed by atoms with E-state index >= 15 is 0 Å². The molecule has 1 aromatic heterocycles. The minimum atomic E-state index is -0.429. The molecule has 1 fully saturated rings. The molecule has 1 saturated carbocycles. The molecular weight excluding hydrogens is 290 g/mol. The molecule has 0 bridgehead atoms. The van der Waals surface area contributed by atoms with Crippen molar-refractivity contribution in [3.8, 4) is 0 Å². The van der Waals surface area contributed by atoms with Gasteiger partial charge in [0.2, 0.25) is 0 Å². The third-order valence-electron chi connectivity index (χ3n) is 5.07. The third-order valence-corrected chi connectivity index (χ3v) is 5.07. The summed E-state index contributed by atoms with van der Waals surface area (Å²) in [5.74, 6) is 0.910. The Morgan fingerprint density at radius 3 is 2.83 bits per heavy atom. The SMILES string of the molecule is CC1(C)c2[nH]nc(N)c2CN1C(=O)N[C@@H]1CC1c1ccccc1. The summed E-state index contributed by atoms with van der Waals surface area (Å²) < 4.78 is 0. The number of nitrogens with one attached hydrogen (secondary N) is 2. The van der Waals surface area contributed by atoms with E-state index in [1.54, 1.807) is 0 Å². The topological polar surface area (TPSA) is 87.0 Å². The number of anilines is 1. The monoisotopic (exact) mass is 311 g/mol. The molecule has 1 aromatic carbocycles. The molecule has 6 nitrogen and oxygen atoms in total. The maximum absolute atomic E-state index is 12.7. The fourth-order valence-electron chi connectivity index (χ4n) is 3.52. The Morgan fingerprint density at radius 1 is 1.39 bits per heavy atom. The minimum Gasteiger partial charge on any atom is -0.382 e. The Bertz CT molecular complexity index is 752. The largest absolute Gasteiger partial charge is 0.382 e. The lowest BCUT2D eigenvalue weighted by molar-refractivity contribution is 0.142. The van der Waals surface area contributed by atoms with E-state index in [1.807, 2.05) is 36.9 Å². The van der Waals surface area contributed by atoms with Crippen molar-refractivity contribution in [1.29, 1.82) is 0 Å². The number of hydrogen-bond acceptors (Lipinski definition) is 3. The van der Waals surface area contributed by atoms with Crippen molar-refractivity contribution in [2.45, 2.75) is 44.3 Å². The predicted molar refractivity (Wildman–Crippen MR) is 87.7 cm³/mol. The molecule has 2 aromatic rings. The van der Waals surface area contributed by atoms with Crippen LogP contribution < -0.4 is 11.1 Å². The van der Waals surface area contributed by atoms with Crippen molar-refractivity contribution < 1.29 is 4.79 Å². The first-order valence-electron chi connectivity index (χ1n) is 7.94. The Hall–Kier alpha value is -2.50. The molecule has 1 aliphatic heterocycles. The molecule has 2 aliphatic rings. The second kappa shape index (κ2) is 4.75. The molecule has 2 amide bonds. The number of nitrogen functional groups attached to an aromatic ring is 1. The third kappa shape index (κ3) is 2.17. The molecule has 1 unspecified atom stereocenters. The second-order valence-corrected chi connectivity index (χ2v) is 6.92. The van der Waals surface area contributed by atoms with Gasteiger partial charge in [0, 0.05) is 17.5 Å². The summed E-state index contributed by atoms with van der Waals surface area (Å²) in [5.41, 5.74) is 8.61. The van der Waals surface area contributed by atoms with Gasteiger partial charge in [0.05, 0.1) is 17.8 Å². The van der Waals surface area contributed by atoms with Crippen LogP contribution in [0, 0.1) is 0 Å². The van der Waals surface area contributed by atoms with E-state index in [-0.39, 0.29) is 12.1 Å². The second-order valence-electron chi connectivity index (χ2n) is 6.92. The summed E-state index contributed by atoms with van der Waals surface area (Å²) in [6.45, 7) is 4.52. The highest BCUT2D eigenvalue weighted by Crippen LogP contribution is 2.43. The number of urea groups is 1. The van der Waals surface area contributed by atoms with Crippen LogP contribution in [0.5, 0.6) is 0 Å². The van der Waals surface area contributed by atoms with Gasteiger partial charge in [-0.3, -0.25) is 5.10 Å². The zero-order valence-corrected chi connectivity index (χ0v) is 13.3. The van der Waals surface area contributed by atoms with Gasteiger partial charge in [-0.15, -0.1) is 0 Å². The number of benzene rings is 1. The number of carbonyl (C=O) groups is 1. The molecule has 23 heavy (non-hydrogen) atoms. The maximum atomic E-state index is 12.7. The van der Waals surface area contributed by atoms with Crippen LogP contribution in [0.1, 0.15) is 43.0 Å². The van der Waals surface area contributed by atoms with Gasteiger partial charge in [-0.05, 0) is 25.8 Å². The van der Waals surface area contributed by atoms with Crippen LogP contribution in [0.3, 0.4) is 0 Å². The lowest BCUT2D eigenvalue weighted by Gasteiger charge is -2.32. The Labute approximate surface area is 135 Å². The van der Waals surface area contributed by atoms with Crippen molar-refractivity contribution in [1.82, 2.24) is 20.4 Å². The van der Waals surface area contributed by atoms with Crippen molar-refractivity contribution in [2.24, 2.45) is 0 Å². The Balaban J connectivity index is 1.45. The van der Waals surface area contributed by atoms with E-state index in [4.69, 9.17) is 5.73 Å². The highest BCUT2D eigenvalue weighted by atomic mass is 16.2. The van der Waals surface area contributed by atoms with Crippen LogP contribution in [-0.2, 0) is 12.1 Å². The van der Waals surface area contributed by atoms with E-state index in [0.29, 0.717) is 18.3 Å². The van der Waals surface area contributed by atoms with Crippen LogP contribution in [0.4, 0.5) is 10.6 Å². The van der Waals surface area contributed by atoms with E-state index in [2.05, 4.69) is 27.6 Å². The molecule has 2 atom stereocenters. The number of amides is 2. The molecule has 0 saturated heterocycles. The van der Waals surface area contributed by atoms with E-state index in [0.717, 1.165) is 17.7 Å². The summed E-state index contributed by atoms with van der Waals surface area (Å²) in [6.07, 6.45) is 0.999. The van der Waals surface area contributed by atoms with Gasteiger partial charge in [0.25, 0.3) is 0 Å². The molecular formula is C17H21N5O. The first kappa shape index (κ1) is 14.1. The molecule has 6 heteroatoms. The van der Waals surface area contributed by atoms with Gasteiger partial charge in [-0.25, -0.2) is 4.79 Å². The first-order chi connectivity index (χ1) is 11.0. The molecule has 4 rings (SSSR count). The molecule has 0 radical (unpaired) electrons. The summed E-state index contributed by atoms with van der Waals surface area (Å²) in [5, 5.41) is 10.2. The zero-order valence-electron chi connectivity index (χ0n) is 13.3. The fraction of sp³-hybridized carbons (Fsp3) is 0.412. The van der Waals surface area contributed by atoms with Crippen molar-refractivity contribution in [2.75, 3.05) is 5.73 Å². The van der Waals surface area contributed by atoms with Gasteiger partial charge in [-0.2, -0.15) is 5.10 Å². The van der Waals surface area contributed by atoms with Crippen molar-refractivity contribution in [3.05, 3.63) is 47.2 Å². The number of rotatable bonds is 2. The van der Waals surface area contributed by atoms with Crippen LogP contribution in [0.2, 0.25) is 0 Å². The summed E-state index contributed by atoms with van der Waals surface area (Å²) in [6, 6.07) is 10.5. The smallest absolute Gasteiger partial charge is 0.318 e. The Morgan fingerprint density at radius 2 is 2.13 bits per heavy atom. The predicted octanol–water partition coefficient (Wildman–Crippen LogP) is 2.31. The number of nitrogens with zero attached hydrogens (tertiary/aromatic N) is 2. The van der Waals surface area contributed by atoms with Crippen molar-refractivity contribution >= 4 is 11.8 Å². The lowest BCUT2D eigenvalue weighted by Crippen LogP contribution is -2.47. The first-order valence-corrected chi connectivity index (χ1v) is 7.94. The molecule has 2 heterocycles. The lowest BCUT2D eigenvalue weighted by atomic mass is 10.0. The molecule has 1 aliphatic carbocycles. The molecule has 120 valence electrons. The number of aromatic nitrogens is 2. The number of aromatic amines is 1. The fourth-order valence-corrected chi connectivity index (χ4v) is 3.52. The van der Waals surface area contributed by atoms with Crippen LogP contribution in [0.15, 0.2) is 30.3 Å². The van der Waals surface area contributed by atoms with Gasteiger partial charge in [-0.1, -0.05) is 30.3 Å². The number of H-pyrrole nitrogens is 1. The van der Waals surface area contributed by atoms with Gasteiger partial charge in [0.15, 0.2) is 5.82 Å². The number of hydrogen-bond donors (Lipinski definition) is 3. The summed E-state index contributed by atoms with van der Waals surface area (Å²) >= 11 is 0. The summed E-state index contributed by atoms with van der Waals surface area (Å²) in [4.78, 5) is 14.5. The highest BCUT2D eigenvalue weighted by molar-refractivity contribution is 5.78. The van der Waals surface area contributed by atoms with Gasteiger partial charge in [0.1, 0.15) is 0 Å². The summed E-state index contributed by atoms with van der Waals surface area (Å²) in [7, 11) is 0.